The predicted molar refractivity (Wildman–Crippen MR) is 106 cm³/mol. The van der Waals surface area contributed by atoms with Crippen LogP contribution in [-0.2, 0) is 6.42 Å². The van der Waals surface area contributed by atoms with Crippen LogP contribution in [-0.4, -0.2) is 21.6 Å². The van der Waals surface area contributed by atoms with E-state index in [0.717, 1.165) is 35.4 Å². The Hall–Kier alpha value is -2.14. The molecule has 0 N–H and O–H groups in total. The Balaban J connectivity index is 1.94. The highest BCUT2D eigenvalue weighted by molar-refractivity contribution is 6.33. The normalized spacial score (nSPS) is 15.3. The van der Waals surface area contributed by atoms with Crippen LogP contribution in [0.2, 0.25) is 5.02 Å². The van der Waals surface area contributed by atoms with Gasteiger partial charge in [-0.05, 0) is 37.3 Å². The fourth-order valence-electron chi connectivity index (χ4n) is 3.95. The van der Waals surface area contributed by atoms with Crippen LogP contribution < -0.4 is 4.74 Å². The van der Waals surface area contributed by atoms with Gasteiger partial charge in [0, 0.05) is 35.9 Å². The summed E-state index contributed by atoms with van der Waals surface area (Å²) in [6.07, 6.45) is 6.15. The number of fused-ring (bicyclic) bond motifs is 1. The second kappa shape index (κ2) is 7.12. The van der Waals surface area contributed by atoms with E-state index in [9.17, 15) is 4.39 Å². The van der Waals surface area contributed by atoms with Crippen molar-refractivity contribution in [1.82, 2.24) is 14.5 Å². The summed E-state index contributed by atoms with van der Waals surface area (Å²) in [5.74, 6) is 1.41. The zero-order valence-electron chi connectivity index (χ0n) is 15.8. The average molecular weight is 388 g/mol. The quantitative estimate of drug-likeness (QED) is 0.534. The molecule has 0 aliphatic heterocycles. The summed E-state index contributed by atoms with van der Waals surface area (Å²) in [4.78, 5) is 9.53. The Bertz CT molecular complexity index is 997. The third kappa shape index (κ3) is 3.08. The molecule has 1 aliphatic rings. The Morgan fingerprint density at radius 2 is 2.07 bits per heavy atom. The van der Waals surface area contributed by atoms with Gasteiger partial charge < -0.3 is 9.30 Å². The second-order valence-electron chi connectivity index (χ2n) is 7.06. The minimum Gasteiger partial charge on any atom is -0.494 e. The Morgan fingerprint density at radius 1 is 1.30 bits per heavy atom. The lowest BCUT2D eigenvalue weighted by Gasteiger charge is -2.19. The number of rotatable bonds is 6. The summed E-state index contributed by atoms with van der Waals surface area (Å²) in [6, 6.07) is 5.19. The molecule has 2 heterocycles. The first-order valence-corrected chi connectivity index (χ1v) is 9.86. The molecule has 1 aliphatic carbocycles. The number of halogens is 2. The highest BCUT2D eigenvalue weighted by atomic mass is 35.5. The van der Waals surface area contributed by atoms with Crippen LogP contribution in [0.5, 0.6) is 5.75 Å². The summed E-state index contributed by atoms with van der Waals surface area (Å²) >= 11 is 6.44. The molecule has 0 amide bonds. The number of benzene rings is 1. The van der Waals surface area contributed by atoms with Crippen molar-refractivity contribution in [2.24, 2.45) is 5.92 Å². The third-order valence-corrected chi connectivity index (χ3v) is 5.73. The standard InChI is InChI=1S/C21H23ClFN3O/c1-4-17(12-6-7-12)26-19(5-2)25-20-13(8-9-24-21(20)26)14-10-16(23)18(27-3)11-15(14)22/h8-12,17H,4-7H2,1-3H3. The van der Waals surface area contributed by atoms with Crippen LogP contribution in [0.3, 0.4) is 0 Å². The van der Waals surface area contributed by atoms with E-state index < -0.39 is 5.82 Å². The number of hydrogen-bond acceptors (Lipinski definition) is 3. The first kappa shape index (κ1) is 18.2. The lowest BCUT2D eigenvalue weighted by molar-refractivity contribution is 0.386. The van der Waals surface area contributed by atoms with Gasteiger partial charge >= 0.3 is 0 Å². The maximum atomic E-state index is 14.3. The molecule has 3 aromatic rings. The molecule has 1 unspecified atom stereocenters. The predicted octanol–water partition coefficient (Wildman–Crippen LogP) is 5.82. The summed E-state index contributed by atoms with van der Waals surface area (Å²) < 4.78 is 21.7. The topological polar surface area (TPSA) is 39.9 Å². The van der Waals surface area contributed by atoms with Gasteiger partial charge in [0.25, 0.3) is 0 Å². The number of aryl methyl sites for hydroxylation is 1. The van der Waals surface area contributed by atoms with Gasteiger partial charge in [-0.15, -0.1) is 0 Å². The van der Waals surface area contributed by atoms with Crippen molar-refractivity contribution < 1.29 is 9.13 Å². The number of aromatic nitrogens is 3. The van der Waals surface area contributed by atoms with E-state index in [1.54, 1.807) is 6.20 Å². The van der Waals surface area contributed by atoms with Gasteiger partial charge in [0.1, 0.15) is 11.3 Å². The fourth-order valence-corrected chi connectivity index (χ4v) is 4.20. The van der Waals surface area contributed by atoms with Crippen molar-refractivity contribution in [3.8, 4) is 16.9 Å². The van der Waals surface area contributed by atoms with Crippen molar-refractivity contribution in [1.29, 1.82) is 0 Å². The Morgan fingerprint density at radius 3 is 2.70 bits per heavy atom. The van der Waals surface area contributed by atoms with Crippen molar-refractivity contribution >= 4 is 22.8 Å². The fraction of sp³-hybridized carbons (Fsp3) is 0.429. The molecule has 6 heteroatoms. The smallest absolute Gasteiger partial charge is 0.165 e. The Labute approximate surface area is 163 Å². The first-order valence-electron chi connectivity index (χ1n) is 9.48. The lowest BCUT2D eigenvalue weighted by atomic mass is 10.0. The van der Waals surface area contributed by atoms with Gasteiger partial charge in [-0.25, -0.2) is 14.4 Å². The van der Waals surface area contributed by atoms with E-state index in [2.05, 4.69) is 23.4 Å². The maximum Gasteiger partial charge on any atom is 0.165 e. The molecule has 0 radical (unpaired) electrons. The Kier molecular flexibility index (Phi) is 4.81. The highest BCUT2D eigenvalue weighted by Crippen LogP contribution is 2.44. The average Bonchev–Trinajstić information content (AvgIpc) is 3.44. The van der Waals surface area contributed by atoms with E-state index >= 15 is 0 Å². The van der Waals surface area contributed by atoms with Crippen molar-refractivity contribution in [3.63, 3.8) is 0 Å². The number of hydrogen-bond donors (Lipinski definition) is 0. The minimum atomic E-state index is -0.443. The van der Waals surface area contributed by atoms with Crippen molar-refractivity contribution in [3.05, 3.63) is 41.1 Å². The van der Waals surface area contributed by atoms with Crippen LogP contribution in [0.25, 0.3) is 22.3 Å². The van der Waals surface area contributed by atoms with E-state index in [0.29, 0.717) is 22.5 Å². The van der Waals surface area contributed by atoms with E-state index in [-0.39, 0.29) is 5.75 Å². The third-order valence-electron chi connectivity index (χ3n) is 5.42. The second-order valence-corrected chi connectivity index (χ2v) is 7.47. The van der Waals surface area contributed by atoms with Gasteiger partial charge in [0.2, 0.25) is 0 Å². The molecule has 27 heavy (non-hydrogen) atoms. The monoisotopic (exact) mass is 387 g/mol. The van der Waals surface area contributed by atoms with Gasteiger partial charge in [-0.3, -0.25) is 0 Å². The molecule has 0 saturated heterocycles. The molecule has 0 bridgehead atoms. The van der Waals surface area contributed by atoms with Crippen molar-refractivity contribution in [2.45, 2.75) is 45.6 Å². The van der Waals surface area contributed by atoms with Gasteiger partial charge in [0.15, 0.2) is 17.2 Å². The zero-order valence-corrected chi connectivity index (χ0v) is 16.6. The summed E-state index contributed by atoms with van der Waals surface area (Å²) in [5.41, 5.74) is 3.04. The van der Waals surface area contributed by atoms with E-state index in [1.807, 2.05) is 6.07 Å². The molecule has 1 fully saturated rings. The summed E-state index contributed by atoms with van der Waals surface area (Å²) in [5, 5.41) is 0.433. The molecule has 1 aromatic carbocycles. The minimum absolute atomic E-state index is 0.133. The highest BCUT2D eigenvalue weighted by Gasteiger charge is 2.34. The van der Waals surface area contributed by atoms with Crippen molar-refractivity contribution in [2.75, 3.05) is 7.11 Å². The van der Waals surface area contributed by atoms with Crippen LogP contribution in [0.15, 0.2) is 24.4 Å². The first-order chi connectivity index (χ1) is 13.1. The number of pyridine rings is 1. The molecule has 1 atom stereocenters. The molecular formula is C21H23ClFN3O. The molecule has 0 spiro atoms. The molecular weight excluding hydrogens is 365 g/mol. The number of ether oxygens (including phenoxy) is 1. The summed E-state index contributed by atoms with van der Waals surface area (Å²) in [6.45, 7) is 4.32. The molecule has 1 saturated carbocycles. The zero-order chi connectivity index (χ0) is 19.1. The van der Waals surface area contributed by atoms with Crippen LogP contribution in [0, 0.1) is 11.7 Å². The van der Waals surface area contributed by atoms with Crippen LogP contribution >= 0.6 is 11.6 Å². The number of imidazole rings is 1. The van der Waals surface area contributed by atoms with E-state index in [4.69, 9.17) is 21.3 Å². The van der Waals surface area contributed by atoms with Crippen LogP contribution in [0.4, 0.5) is 4.39 Å². The molecule has 4 rings (SSSR count). The molecule has 142 valence electrons. The van der Waals surface area contributed by atoms with E-state index in [1.165, 1.54) is 32.1 Å². The molecule has 4 nitrogen and oxygen atoms in total. The maximum absolute atomic E-state index is 14.3. The lowest BCUT2D eigenvalue weighted by Crippen LogP contribution is -2.13. The summed E-state index contributed by atoms with van der Waals surface area (Å²) in [7, 11) is 1.43. The number of methoxy groups -OCH3 is 1. The van der Waals surface area contributed by atoms with Crippen LogP contribution in [0.1, 0.15) is 45.0 Å². The van der Waals surface area contributed by atoms with Gasteiger partial charge in [0.05, 0.1) is 12.1 Å². The van der Waals surface area contributed by atoms with Gasteiger partial charge in [-0.1, -0.05) is 25.4 Å². The SMILES string of the molecule is CCc1nc2c(-c3cc(F)c(OC)cc3Cl)ccnc2n1C(CC)C1CC1. The number of nitrogens with zero attached hydrogens (tertiary/aromatic N) is 3. The van der Waals surface area contributed by atoms with Gasteiger partial charge in [-0.2, -0.15) is 0 Å². The largest absolute Gasteiger partial charge is 0.494 e. The molecule has 2 aromatic heterocycles.